The van der Waals surface area contributed by atoms with Crippen molar-refractivity contribution in [2.75, 3.05) is 26.2 Å². The largest absolute Gasteiger partial charge is 0.317 e. The maximum atomic E-state index is 12.1. The normalized spacial score (nSPS) is 19.2. The van der Waals surface area contributed by atoms with Crippen LogP contribution in [-0.2, 0) is 4.79 Å². The van der Waals surface area contributed by atoms with Crippen LogP contribution in [0.5, 0.6) is 0 Å². The van der Waals surface area contributed by atoms with E-state index in [0.717, 1.165) is 64.0 Å². The summed E-state index contributed by atoms with van der Waals surface area (Å²) in [5.41, 5.74) is 0. The summed E-state index contributed by atoms with van der Waals surface area (Å²) in [6.07, 6.45) is 4.23. The van der Waals surface area contributed by atoms with Crippen molar-refractivity contribution in [1.29, 1.82) is 0 Å². The Kier molecular flexibility index (Phi) is 9.29. The summed E-state index contributed by atoms with van der Waals surface area (Å²) >= 11 is 0. The van der Waals surface area contributed by atoms with E-state index in [1.807, 2.05) is 0 Å². The fourth-order valence-electron chi connectivity index (χ4n) is 2.99. The van der Waals surface area contributed by atoms with Crippen LogP contribution in [0.25, 0.3) is 0 Å². The Bertz CT molecular complexity index is 434. The van der Waals surface area contributed by atoms with Gasteiger partial charge in [0.05, 0.1) is 0 Å². The number of nitrogens with one attached hydrogen (secondary N) is 2. The maximum absolute atomic E-state index is 12.1. The van der Waals surface area contributed by atoms with Crippen LogP contribution in [0.3, 0.4) is 0 Å². The van der Waals surface area contributed by atoms with Crippen molar-refractivity contribution in [3.63, 3.8) is 0 Å². The van der Waals surface area contributed by atoms with E-state index in [0.29, 0.717) is 17.6 Å². The second-order valence-electron chi connectivity index (χ2n) is 5.87. The van der Waals surface area contributed by atoms with Crippen LogP contribution < -0.4 is 10.6 Å². The Hall–Kier alpha value is -1.04. The Balaban J connectivity index is 0.000000253. The quantitative estimate of drug-likeness (QED) is 0.865. The fourth-order valence-corrected chi connectivity index (χ4v) is 2.99. The van der Waals surface area contributed by atoms with Crippen LogP contribution in [0.4, 0.5) is 8.78 Å². The van der Waals surface area contributed by atoms with Gasteiger partial charge in [0.1, 0.15) is 5.78 Å². The molecule has 23 heavy (non-hydrogen) atoms. The van der Waals surface area contributed by atoms with Gasteiger partial charge in [0.15, 0.2) is 11.6 Å². The second kappa shape index (κ2) is 10.7. The molecule has 1 aromatic rings. The molecule has 2 heterocycles. The highest BCUT2D eigenvalue weighted by atomic mass is 35.5. The summed E-state index contributed by atoms with van der Waals surface area (Å²) in [5, 5.41) is 6.62. The number of ketones is 1. The zero-order chi connectivity index (χ0) is 15.8. The molecule has 3 rings (SSSR count). The summed E-state index contributed by atoms with van der Waals surface area (Å²) in [5.74, 6) is -0.327. The van der Waals surface area contributed by atoms with Gasteiger partial charge in [-0.3, -0.25) is 4.79 Å². The lowest BCUT2D eigenvalue weighted by Gasteiger charge is -2.28. The van der Waals surface area contributed by atoms with Crippen molar-refractivity contribution >= 4 is 18.2 Å². The molecule has 0 radical (unpaired) electrons. The fraction of sp³-hybridized carbons (Fsp3) is 0.588. The first-order valence-corrected chi connectivity index (χ1v) is 8.03. The van der Waals surface area contributed by atoms with E-state index in [9.17, 15) is 13.6 Å². The first-order chi connectivity index (χ1) is 10.7. The average Bonchev–Trinajstić information content (AvgIpc) is 2.59. The molecule has 6 heteroatoms. The Morgan fingerprint density at radius 1 is 0.826 bits per heavy atom. The first kappa shape index (κ1) is 20.0. The number of halogens is 3. The lowest BCUT2D eigenvalue weighted by atomic mass is 9.82. The highest BCUT2D eigenvalue weighted by molar-refractivity contribution is 5.85. The second-order valence-corrected chi connectivity index (χ2v) is 5.87. The van der Waals surface area contributed by atoms with Crippen molar-refractivity contribution in [3.8, 4) is 0 Å². The van der Waals surface area contributed by atoms with Gasteiger partial charge in [-0.25, -0.2) is 8.78 Å². The Morgan fingerprint density at radius 2 is 1.17 bits per heavy atom. The summed E-state index contributed by atoms with van der Waals surface area (Å²) in [7, 11) is 0. The predicted molar refractivity (Wildman–Crippen MR) is 89.8 cm³/mol. The highest BCUT2D eigenvalue weighted by Crippen LogP contribution is 2.22. The van der Waals surface area contributed by atoms with Gasteiger partial charge < -0.3 is 10.6 Å². The number of piperidine rings is 2. The van der Waals surface area contributed by atoms with Crippen molar-refractivity contribution in [2.45, 2.75) is 25.7 Å². The lowest BCUT2D eigenvalue weighted by Crippen LogP contribution is -2.38. The minimum atomic E-state index is -0.799. The molecular formula is C17H25ClF2N2O. The van der Waals surface area contributed by atoms with E-state index in [2.05, 4.69) is 10.6 Å². The number of carbonyl (C=O) groups is 1. The van der Waals surface area contributed by atoms with Crippen molar-refractivity contribution in [2.24, 2.45) is 11.8 Å². The SMILES string of the molecule is Cl.Fc1ccccc1F.O=C(C1CCNCC1)C1CCNCC1. The molecule has 0 amide bonds. The van der Waals surface area contributed by atoms with Crippen LogP contribution in [0, 0.1) is 23.5 Å². The van der Waals surface area contributed by atoms with E-state index in [4.69, 9.17) is 0 Å². The molecule has 3 nitrogen and oxygen atoms in total. The molecule has 2 aliphatic rings. The summed E-state index contributed by atoms with van der Waals surface area (Å²) in [6, 6.07) is 5.04. The number of hydrogen-bond acceptors (Lipinski definition) is 3. The Labute approximate surface area is 142 Å². The zero-order valence-corrected chi connectivity index (χ0v) is 14.0. The lowest BCUT2D eigenvalue weighted by molar-refractivity contribution is -0.128. The molecule has 0 spiro atoms. The van der Waals surface area contributed by atoms with E-state index in [-0.39, 0.29) is 12.4 Å². The van der Waals surface area contributed by atoms with E-state index < -0.39 is 11.6 Å². The van der Waals surface area contributed by atoms with Gasteiger partial charge in [-0.05, 0) is 64.0 Å². The van der Waals surface area contributed by atoms with Gasteiger partial charge >= 0.3 is 0 Å². The summed E-state index contributed by atoms with van der Waals surface area (Å²) in [6.45, 7) is 4.12. The monoisotopic (exact) mass is 346 g/mol. The van der Waals surface area contributed by atoms with Crippen molar-refractivity contribution < 1.29 is 13.6 Å². The molecule has 130 valence electrons. The van der Waals surface area contributed by atoms with Crippen molar-refractivity contribution in [1.82, 2.24) is 10.6 Å². The predicted octanol–water partition coefficient (Wildman–Crippen LogP) is 2.94. The van der Waals surface area contributed by atoms with Crippen molar-refractivity contribution in [3.05, 3.63) is 35.9 Å². The number of rotatable bonds is 2. The van der Waals surface area contributed by atoms with Gasteiger partial charge in [0.25, 0.3) is 0 Å². The molecule has 0 aromatic heterocycles. The molecule has 1 aromatic carbocycles. The minimum absolute atomic E-state index is 0. The zero-order valence-electron chi connectivity index (χ0n) is 13.2. The molecule has 0 atom stereocenters. The van der Waals surface area contributed by atoms with E-state index in [1.54, 1.807) is 0 Å². The molecule has 0 unspecified atom stereocenters. The molecule has 2 N–H and O–H groups in total. The number of carbonyl (C=O) groups excluding carboxylic acids is 1. The summed E-state index contributed by atoms with van der Waals surface area (Å²) < 4.78 is 23.9. The first-order valence-electron chi connectivity index (χ1n) is 8.03. The van der Waals surface area contributed by atoms with E-state index in [1.165, 1.54) is 12.1 Å². The smallest absolute Gasteiger partial charge is 0.158 e. The molecule has 0 aliphatic carbocycles. The molecule has 2 aliphatic heterocycles. The third-order valence-electron chi connectivity index (χ3n) is 4.31. The molecule has 2 fully saturated rings. The van der Waals surface area contributed by atoms with Gasteiger partial charge in [-0.1, -0.05) is 12.1 Å². The summed E-state index contributed by atoms with van der Waals surface area (Å²) in [4.78, 5) is 12.1. The van der Waals surface area contributed by atoms with Crippen LogP contribution in [0.2, 0.25) is 0 Å². The van der Waals surface area contributed by atoms with Gasteiger partial charge in [0, 0.05) is 11.8 Å². The average molecular weight is 347 g/mol. The minimum Gasteiger partial charge on any atom is -0.317 e. The molecular weight excluding hydrogens is 322 g/mol. The molecule has 2 saturated heterocycles. The van der Waals surface area contributed by atoms with Gasteiger partial charge in [-0.2, -0.15) is 0 Å². The maximum Gasteiger partial charge on any atom is 0.158 e. The number of benzene rings is 1. The Morgan fingerprint density at radius 3 is 1.48 bits per heavy atom. The topological polar surface area (TPSA) is 41.1 Å². The molecule has 0 saturated carbocycles. The van der Waals surface area contributed by atoms with Crippen LogP contribution in [0.15, 0.2) is 24.3 Å². The highest BCUT2D eigenvalue weighted by Gasteiger charge is 2.28. The van der Waals surface area contributed by atoms with E-state index >= 15 is 0 Å². The van der Waals surface area contributed by atoms with Gasteiger partial charge in [0.2, 0.25) is 0 Å². The third-order valence-corrected chi connectivity index (χ3v) is 4.31. The van der Waals surface area contributed by atoms with Crippen LogP contribution in [0.1, 0.15) is 25.7 Å². The standard InChI is InChI=1S/C11H20N2O.C6H4F2.ClH/c14-11(9-1-5-12-6-2-9)10-3-7-13-8-4-10;7-5-3-1-2-4-6(5)8;/h9-10,12-13H,1-8H2;1-4H;1H. The third kappa shape index (κ3) is 6.53. The number of Topliss-reactive ketones (excluding diaryl/α,β-unsaturated/α-hetero) is 1. The number of hydrogen-bond donors (Lipinski definition) is 2. The van der Waals surface area contributed by atoms with Crippen LogP contribution >= 0.6 is 12.4 Å². The molecule has 0 bridgehead atoms. The van der Waals surface area contributed by atoms with Gasteiger partial charge in [-0.15, -0.1) is 12.4 Å². The van der Waals surface area contributed by atoms with Crippen LogP contribution in [-0.4, -0.2) is 32.0 Å².